The SMILES string of the molecule is O=P(Oc1ccc2cc(Br)ccc2c1Br)(Oc1ccc2cc(Br)ccc2c1Br)Oc1ccc2cc(Br)ccc2c1Br. The van der Waals surface area contributed by atoms with Gasteiger partial charge >= 0.3 is 7.82 Å². The van der Waals surface area contributed by atoms with E-state index in [1.165, 1.54) is 0 Å². The van der Waals surface area contributed by atoms with E-state index in [1.807, 2.05) is 72.8 Å². The maximum absolute atomic E-state index is 14.6. The van der Waals surface area contributed by atoms with Gasteiger partial charge in [0.2, 0.25) is 0 Å². The van der Waals surface area contributed by atoms with Gasteiger partial charge in [0, 0.05) is 13.4 Å². The van der Waals surface area contributed by atoms with Crippen LogP contribution in [0.1, 0.15) is 0 Å². The largest absolute Gasteiger partial charge is 0.647 e. The van der Waals surface area contributed by atoms with Crippen molar-refractivity contribution < 1.29 is 18.1 Å². The summed E-state index contributed by atoms with van der Waals surface area (Å²) in [5.74, 6) is 0.930. The molecule has 0 unspecified atom stereocenters. The first-order chi connectivity index (χ1) is 19.6. The third kappa shape index (κ3) is 6.17. The van der Waals surface area contributed by atoms with Gasteiger partial charge in [0.1, 0.15) is 17.2 Å². The molecular formula is C30H15Br6O4P. The maximum Gasteiger partial charge on any atom is 0.647 e. The fourth-order valence-electron chi connectivity index (χ4n) is 4.36. The quantitative estimate of drug-likeness (QED) is 0.156. The van der Waals surface area contributed by atoms with Gasteiger partial charge in [0.15, 0.2) is 0 Å². The number of hydrogen-bond acceptors (Lipinski definition) is 4. The second-order valence-electron chi connectivity index (χ2n) is 8.95. The number of hydrogen-bond donors (Lipinski definition) is 0. The zero-order valence-corrected chi connectivity index (χ0v) is 30.9. The Morgan fingerprint density at radius 3 is 1.00 bits per heavy atom. The average molecular weight is 950 g/mol. The number of halogens is 6. The smallest absolute Gasteiger partial charge is 0.385 e. The first kappa shape index (κ1) is 29.7. The molecule has 0 radical (unpaired) electrons. The highest BCUT2D eigenvalue weighted by Gasteiger charge is 2.36. The van der Waals surface area contributed by atoms with Gasteiger partial charge in [-0.1, -0.05) is 84.2 Å². The van der Waals surface area contributed by atoms with E-state index < -0.39 is 7.82 Å². The predicted octanol–water partition coefficient (Wildman–Crippen LogP) is 13.4. The zero-order chi connectivity index (χ0) is 28.9. The lowest BCUT2D eigenvalue weighted by atomic mass is 10.1. The minimum absolute atomic E-state index is 0.310. The average Bonchev–Trinajstić information content (AvgIpc) is 2.93. The number of fused-ring (bicyclic) bond motifs is 3. The summed E-state index contributed by atoms with van der Waals surface area (Å²) in [5, 5.41) is 5.57. The van der Waals surface area contributed by atoms with Gasteiger partial charge in [0.05, 0.1) is 13.4 Å². The Bertz CT molecular complexity index is 1820. The van der Waals surface area contributed by atoms with Crippen molar-refractivity contribution in [1.82, 2.24) is 0 Å². The minimum Gasteiger partial charge on any atom is -0.385 e. The molecule has 4 nitrogen and oxygen atoms in total. The Kier molecular flexibility index (Phi) is 8.65. The molecular weight excluding hydrogens is 935 g/mol. The second kappa shape index (κ2) is 11.9. The molecule has 0 aromatic heterocycles. The molecule has 206 valence electrons. The van der Waals surface area contributed by atoms with Crippen molar-refractivity contribution >= 4 is 136 Å². The number of phosphoric acid groups is 1. The summed E-state index contributed by atoms with van der Waals surface area (Å²) in [6.07, 6.45) is 0. The molecule has 6 aromatic rings. The van der Waals surface area contributed by atoms with Crippen LogP contribution in [0.5, 0.6) is 17.2 Å². The van der Waals surface area contributed by atoms with Crippen molar-refractivity contribution in [2.45, 2.75) is 0 Å². The van der Waals surface area contributed by atoms with E-state index in [0.29, 0.717) is 30.7 Å². The Morgan fingerprint density at radius 2 is 0.707 bits per heavy atom. The van der Waals surface area contributed by atoms with Crippen LogP contribution in [0.4, 0.5) is 0 Å². The molecule has 11 heteroatoms. The second-order valence-corrected chi connectivity index (χ2v) is 15.5. The summed E-state index contributed by atoms with van der Waals surface area (Å²) >= 11 is 21.4. The summed E-state index contributed by atoms with van der Waals surface area (Å²) in [7, 11) is -4.35. The van der Waals surface area contributed by atoms with Crippen molar-refractivity contribution in [3.63, 3.8) is 0 Å². The van der Waals surface area contributed by atoms with Crippen LogP contribution in [0, 0.1) is 0 Å². The third-order valence-corrected chi connectivity index (χ3v) is 11.5. The normalized spacial score (nSPS) is 11.8. The molecule has 0 saturated heterocycles. The molecule has 0 aliphatic heterocycles. The van der Waals surface area contributed by atoms with Crippen LogP contribution in [0.15, 0.2) is 118 Å². The fourth-order valence-corrected chi connectivity index (χ4v) is 8.88. The minimum atomic E-state index is -4.35. The highest BCUT2D eigenvalue weighted by molar-refractivity contribution is 9.11. The van der Waals surface area contributed by atoms with Crippen molar-refractivity contribution in [1.29, 1.82) is 0 Å². The van der Waals surface area contributed by atoms with Crippen molar-refractivity contribution in [2.75, 3.05) is 0 Å². The Labute approximate surface area is 286 Å². The van der Waals surface area contributed by atoms with Crippen LogP contribution in [0.2, 0.25) is 0 Å². The first-order valence-corrected chi connectivity index (χ1v) is 18.1. The highest BCUT2D eigenvalue weighted by Crippen LogP contribution is 2.55. The topological polar surface area (TPSA) is 44.8 Å². The molecule has 41 heavy (non-hydrogen) atoms. The lowest BCUT2D eigenvalue weighted by molar-refractivity contribution is 0.297. The molecule has 0 atom stereocenters. The van der Waals surface area contributed by atoms with E-state index in [9.17, 15) is 4.57 Å². The molecule has 0 N–H and O–H groups in total. The van der Waals surface area contributed by atoms with Crippen molar-refractivity contribution in [3.05, 3.63) is 118 Å². The van der Waals surface area contributed by atoms with Gasteiger partial charge in [-0.05, 0) is 135 Å². The maximum atomic E-state index is 14.6. The van der Waals surface area contributed by atoms with Gasteiger partial charge in [-0.25, -0.2) is 0 Å². The molecule has 0 amide bonds. The van der Waals surface area contributed by atoms with E-state index in [4.69, 9.17) is 13.6 Å². The lowest BCUT2D eigenvalue weighted by Gasteiger charge is -2.22. The summed E-state index contributed by atoms with van der Waals surface area (Å²) in [5.41, 5.74) is 0. The van der Waals surface area contributed by atoms with E-state index in [2.05, 4.69) is 95.6 Å². The summed E-state index contributed by atoms with van der Waals surface area (Å²) < 4.78 is 37.8. The molecule has 0 heterocycles. The first-order valence-electron chi connectivity index (χ1n) is 11.9. The lowest BCUT2D eigenvalue weighted by Crippen LogP contribution is -2.09. The molecule has 0 spiro atoms. The van der Waals surface area contributed by atoms with E-state index in [0.717, 1.165) is 45.7 Å². The third-order valence-electron chi connectivity index (χ3n) is 6.27. The molecule has 0 saturated carbocycles. The molecule has 6 aromatic carbocycles. The van der Waals surface area contributed by atoms with Gasteiger partial charge in [0.25, 0.3) is 0 Å². The molecule has 0 bridgehead atoms. The molecule has 0 fully saturated rings. The standard InChI is InChI=1S/C30H15Br6O4P/c31-19-4-7-22-16(13-19)1-10-25(28(22)34)38-41(37,39-26-11-2-17-14-20(32)5-8-23(17)29(26)35)40-27-12-3-18-15-21(33)6-9-24(18)30(27)36/h1-15H. The monoisotopic (exact) mass is 944 g/mol. The van der Waals surface area contributed by atoms with Crippen LogP contribution in [-0.4, -0.2) is 0 Å². The van der Waals surface area contributed by atoms with Crippen LogP contribution >= 0.6 is 103 Å². The van der Waals surface area contributed by atoms with Crippen LogP contribution in [0.25, 0.3) is 32.3 Å². The van der Waals surface area contributed by atoms with Crippen LogP contribution in [0.3, 0.4) is 0 Å². The molecule has 0 aliphatic rings. The highest BCUT2D eigenvalue weighted by atomic mass is 79.9. The van der Waals surface area contributed by atoms with Gasteiger partial charge in [-0.3, -0.25) is 0 Å². The van der Waals surface area contributed by atoms with Crippen molar-refractivity contribution in [2.24, 2.45) is 0 Å². The van der Waals surface area contributed by atoms with Crippen molar-refractivity contribution in [3.8, 4) is 17.2 Å². The fraction of sp³-hybridized carbons (Fsp3) is 0. The number of rotatable bonds is 6. The van der Waals surface area contributed by atoms with E-state index in [1.54, 1.807) is 18.2 Å². The van der Waals surface area contributed by atoms with Crippen LogP contribution < -0.4 is 13.6 Å². The number of phosphoric ester groups is 1. The molecule has 0 aliphatic carbocycles. The van der Waals surface area contributed by atoms with E-state index in [-0.39, 0.29) is 0 Å². The predicted molar refractivity (Wildman–Crippen MR) is 188 cm³/mol. The Hall–Kier alpha value is -1.39. The summed E-state index contributed by atoms with van der Waals surface area (Å²) in [6, 6.07) is 28.5. The van der Waals surface area contributed by atoms with E-state index >= 15 is 0 Å². The summed E-state index contributed by atoms with van der Waals surface area (Å²) in [4.78, 5) is 0. The Balaban J connectivity index is 1.45. The van der Waals surface area contributed by atoms with Crippen LogP contribution in [-0.2, 0) is 4.57 Å². The van der Waals surface area contributed by atoms with Gasteiger partial charge < -0.3 is 13.6 Å². The number of benzene rings is 6. The van der Waals surface area contributed by atoms with Gasteiger partial charge in [-0.2, -0.15) is 4.57 Å². The zero-order valence-electron chi connectivity index (χ0n) is 20.5. The molecule has 6 rings (SSSR count). The Morgan fingerprint density at radius 1 is 0.415 bits per heavy atom. The summed E-state index contributed by atoms with van der Waals surface area (Å²) in [6.45, 7) is 0. The van der Waals surface area contributed by atoms with Gasteiger partial charge in [-0.15, -0.1) is 0 Å².